The maximum absolute atomic E-state index is 12.9. The number of carbonyl (C=O) groups excluding carboxylic acids is 1. The molecule has 168 valence electrons. The molecule has 8 heteroatoms. The van der Waals surface area contributed by atoms with Gasteiger partial charge in [0.2, 0.25) is 0 Å². The van der Waals surface area contributed by atoms with Crippen LogP contribution in [0.2, 0.25) is 0 Å². The lowest BCUT2D eigenvalue weighted by Crippen LogP contribution is -2.27. The second-order valence-electron chi connectivity index (χ2n) is 7.25. The normalized spacial score (nSPS) is 12.0. The first-order valence-electron chi connectivity index (χ1n) is 9.96. The van der Waals surface area contributed by atoms with Crippen LogP contribution in [-0.4, -0.2) is 28.5 Å². The summed E-state index contributed by atoms with van der Waals surface area (Å²) in [5.74, 6) is 0.927. The number of sulfonamides is 1. The molecule has 0 aliphatic rings. The summed E-state index contributed by atoms with van der Waals surface area (Å²) in [6.45, 7) is 3.61. The third-order valence-corrected chi connectivity index (χ3v) is 6.43. The molecule has 0 fully saturated rings. The fourth-order valence-corrected chi connectivity index (χ4v) is 4.35. The lowest BCUT2D eigenvalue weighted by Gasteiger charge is -2.19. The zero-order valence-corrected chi connectivity index (χ0v) is 19.2. The smallest absolute Gasteiger partial charge is 0.261 e. The van der Waals surface area contributed by atoms with Crippen LogP contribution in [0.3, 0.4) is 0 Å². The van der Waals surface area contributed by atoms with Crippen LogP contribution in [0.4, 0.5) is 5.69 Å². The third kappa shape index (κ3) is 5.20. The summed E-state index contributed by atoms with van der Waals surface area (Å²) < 4.78 is 38.6. The van der Waals surface area contributed by atoms with Gasteiger partial charge in [0, 0.05) is 11.1 Å². The van der Waals surface area contributed by atoms with Gasteiger partial charge >= 0.3 is 0 Å². The Hall–Kier alpha value is -3.52. The van der Waals surface area contributed by atoms with E-state index in [-0.39, 0.29) is 16.8 Å². The van der Waals surface area contributed by atoms with Gasteiger partial charge in [-0.15, -0.1) is 0 Å². The number of hydrogen-bond donors (Lipinski definition) is 2. The molecule has 0 bridgehead atoms. The molecule has 0 aromatic heterocycles. The summed E-state index contributed by atoms with van der Waals surface area (Å²) in [5.41, 5.74) is 2.13. The molecule has 0 aliphatic carbocycles. The number of ether oxygens (including phenoxy) is 2. The minimum Gasteiger partial charge on any atom is -0.497 e. The average Bonchev–Trinajstić information content (AvgIpc) is 2.80. The minimum absolute atomic E-state index is 0.146. The monoisotopic (exact) mass is 454 g/mol. The maximum Gasteiger partial charge on any atom is 0.261 e. The molecule has 0 saturated carbocycles. The van der Waals surface area contributed by atoms with Crippen molar-refractivity contribution in [2.75, 3.05) is 18.9 Å². The van der Waals surface area contributed by atoms with Gasteiger partial charge in [-0.2, -0.15) is 0 Å². The van der Waals surface area contributed by atoms with Gasteiger partial charge in [0.15, 0.2) is 0 Å². The molecule has 7 nitrogen and oxygen atoms in total. The van der Waals surface area contributed by atoms with Crippen LogP contribution in [0.5, 0.6) is 11.5 Å². The molecule has 0 spiro atoms. The molecule has 3 aromatic rings. The molecule has 0 saturated heterocycles. The first-order valence-corrected chi connectivity index (χ1v) is 11.4. The van der Waals surface area contributed by atoms with Crippen molar-refractivity contribution in [3.8, 4) is 11.5 Å². The highest BCUT2D eigenvalue weighted by Crippen LogP contribution is 2.29. The highest BCUT2D eigenvalue weighted by molar-refractivity contribution is 7.92. The zero-order chi connectivity index (χ0) is 23.3. The number of anilines is 1. The third-order valence-electron chi connectivity index (χ3n) is 5.05. The van der Waals surface area contributed by atoms with E-state index >= 15 is 0 Å². The molecular formula is C24H26N2O5S. The molecule has 0 aliphatic heterocycles. The molecule has 0 heterocycles. The highest BCUT2D eigenvalue weighted by Gasteiger charge is 2.19. The number of nitrogens with one attached hydrogen (secondary N) is 2. The predicted molar refractivity (Wildman–Crippen MR) is 124 cm³/mol. The number of carbonyl (C=O) groups is 1. The molecule has 1 unspecified atom stereocenters. The van der Waals surface area contributed by atoms with Crippen LogP contribution in [0, 0.1) is 6.92 Å². The second-order valence-corrected chi connectivity index (χ2v) is 8.93. The second kappa shape index (κ2) is 9.74. The van der Waals surface area contributed by atoms with Crippen molar-refractivity contribution >= 4 is 21.6 Å². The maximum atomic E-state index is 12.9. The Kier molecular flexibility index (Phi) is 7.05. The summed E-state index contributed by atoms with van der Waals surface area (Å²) in [6.07, 6.45) is 0. The van der Waals surface area contributed by atoms with Crippen LogP contribution in [0.25, 0.3) is 0 Å². The van der Waals surface area contributed by atoms with Crippen molar-refractivity contribution in [1.82, 2.24) is 5.32 Å². The Morgan fingerprint density at radius 1 is 0.938 bits per heavy atom. The molecule has 32 heavy (non-hydrogen) atoms. The fraction of sp³-hybridized carbons (Fsp3) is 0.208. The Labute approximate surface area is 188 Å². The Morgan fingerprint density at radius 3 is 2.31 bits per heavy atom. The Morgan fingerprint density at radius 2 is 1.66 bits per heavy atom. The molecular weight excluding hydrogens is 428 g/mol. The van der Waals surface area contributed by atoms with E-state index in [9.17, 15) is 13.2 Å². The van der Waals surface area contributed by atoms with Crippen LogP contribution in [0.15, 0.2) is 71.6 Å². The van der Waals surface area contributed by atoms with Gasteiger partial charge in [-0.05, 0) is 61.9 Å². The van der Waals surface area contributed by atoms with Crippen molar-refractivity contribution in [2.24, 2.45) is 0 Å². The number of benzene rings is 3. The van der Waals surface area contributed by atoms with Gasteiger partial charge < -0.3 is 14.8 Å². The summed E-state index contributed by atoms with van der Waals surface area (Å²) in [6, 6.07) is 17.9. The van der Waals surface area contributed by atoms with Gasteiger partial charge in [0.05, 0.1) is 30.8 Å². The lowest BCUT2D eigenvalue weighted by molar-refractivity contribution is 0.0939. The highest BCUT2D eigenvalue weighted by atomic mass is 32.2. The zero-order valence-electron chi connectivity index (χ0n) is 18.4. The van der Waals surface area contributed by atoms with Crippen molar-refractivity contribution < 1.29 is 22.7 Å². The van der Waals surface area contributed by atoms with E-state index in [1.165, 1.54) is 18.2 Å². The van der Waals surface area contributed by atoms with Crippen molar-refractivity contribution in [2.45, 2.75) is 24.8 Å². The van der Waals surface area contributed by atoms with E-state index < -0.39 is 10.0 Å². The summed E-state index contributed by atoms with van der Waals surface area (Å²) >= 11 is 0. The Balaban J connectivity index is 1.83. The largest absolute Gasteiger partial charge is 0.497 e. The van der Waals surface area contributed by atoms with Gasteiger partial charge in [-0.25, -0.2) is 8.42 Å². The number of amides is 1. The SMILES string of the molecule is COc1ccc(OC)c(C(C)NC(=O)c2ccc(C)c(NS(=O)(=O)c3ccccc3)c2)c1. The van der Waals surface area contributed by atoms with E-state index in [0.717, 1.165) is 5.56 Å². The average molecular weight is 455 g/mol. The molecule has 1 atom stereocenters. The van der Waals surface area contributed by atoms with Gasteiger partial charge in [0.25, 0.3) is 15.9 Å². The van der Waals surface area contributed by atoms with E-state index in [1.54, 1.807) is 69.7 Å². The lowest BCUT2D eigenvalue weighted by atomic mass is 10.1. The van der Waals surface area contributed by atoms with Crippen molar-refractivity contribution in [3.63, 3.8) is 0 Å². The first-order chi connectivity index (χ1) is 15.2. The van der Waals surface area contributed by atoms with Gasteiger partial charge in [-0.3, -0.25) is 9.52 Å². The Bertz CT molecular complexity index is 1210. The molecule has 0 radical (unpaired) electrons. The molecule has 2 N–H and O–H groups in total. The quantitative estimate of drug-likeness (QED) is 0.529. The first kappa shape index (κ1) is 23.1. The van der Waals surface area contributed by atoms with Crippen molar-refractivity contribution in [1.29, 1.82) is 0 Å². The number of hydrogen-bond acceptors (Lipinski definition) is 5. The standard InChI is InChI=1S/C24H26N2O5S/c1-16-10-11-18(14-22(16)26-32(28,29)20-8-6-5-7-9-20)24(27)25-17(2)21-15-19(30-3)12-13-23(21)31-4/h5-15,17,26H,1-4H3,(H,25,27). The number of rotatable bonds is 8. The van der Waals surface area contributed by atoms with E-state index in [4.69, 9.17) is 9.47 Å². The van der Waals surface area contributed by atoms with E-state index in [0.29, 0.717) is 28.3 Å². The summed E-state index contributed by atoms with van der Waals surface area (Å²) in [5, 5.41) is 2.93. The molecule has 3 rings (SSSR count). The van der Waals surface area contributed by atoms with Crippen molar-refractivity contribution in [3.05, 3.63) is 83.4 Å². The summed E-state index contributed by atoms with van der Waals surface area (Å²) in [4.78, 5) is 13.1. The summed E-state index contributed by atoms with van der Waals surface area (Å²) in [7, 11) is -0.644. The van der Waals surface area contributed by atoms with Gasteiger partial charge in [-0.1, -0.05) is 24.3 Å². The topological polar surface area (TPSA) is 93.7 Å². The van der Waals surface area contributed by atoms with Gasteiger partial charge in [0.1, 0.15) is 11.5 Å². The van der Waals surface area contributed by atoms with Crippen LogP contribution in [0.1, 0.15) is 34.5 Å². The van der Waals surface area contributed by atoms with Crippen LogP contribution >= 0.6 is 0 Å². The van der Waals surface area contributed by atoms with Crippen LogP contribution in [-0.2, 0) is 10.0 Å². The number of methoxy groups -OCH3 is 2. The fourth-order valence-electron chi connectivity index (χ4n) is 3.21. The predicted octanol–water partition coefficient (Wildman–Crippen LogP) is 4.30. The van der Waals surface area contributed by atoms with E-state index in [2.05, 4.69) is 10.0 Å². The molecule has 3 aromatic carbocycles. The minimum atomic E-state index is -3.77. The van der Waals surface area contributed by atoms with E-state index in [1.807, 2.05) is 6.92 Å². The van der Waals surface area contributed by atoms with Crippen LogP contribution < -0.4 is 19.5 Å². The number of aryl methyl sites for hydroxylation is 1. The molecule has 1 amide bonds.